The van der Waals surface area contributed by atoms with Crippen molar-refractivity contribution in [2.75, 3.05) is 19.6 Å². The Labute approximate surface area is 124 Å². The van der Waals surface area contributed by atoms with Gasteiger partial charge in [0.05, 0.1) is 0 Å². The molecule has 0 aromatic heterocycles. The van der Waals surface area contributed by atoms with Gasteiger partial charge in [-0.25, -0.2) is 0 Å². The molecule has 0 aliphatic carbocycles. The van der Waals surface area contributed by atoms with Crippen molar-refractivity contribution in [1.29, 1.82) is 0 Å². The first-order valence-corrected chi connectivity index (χ1v) is 8.04. The van der Waals surface area contributed by atoms with Crippen molar-refractivity contribution in [3.63, 3.8) is 0 Å². The molecule has 1 fully saturated rings. The molecule has 1 aliphatic heterocycles. The van der Waals surface area contributed by atoms with E-state index < -0.39 is 0 Å². The van der Waals surface area contributed by atoms with Gasteiger partial charge in [0.2, 0.25) is 0 Å². The molecular formula is C18H30N2. The Morgan fingerprint density at radius 2 is 1.90 bits per heavy atom. The van der Waals surface area contributed by atoms with E-state index in [1.807, 2.05) is 0 Å². The lowest BCUT2D eigenvalue weighted by Crippen LogP contribution is -2.53. The van der Waals surface area contributed by atoms with E-state index in [1.165, 1.54) is 35.2 Å². The fourth-order valence-corrected chi connectivity index (χ4v) is 3.46. The van der Waals surface area contributed by atoms with Crippen LogP contribution in [-0.2, 0) is 6.54 Å². The third kappa shape index (κ3) is 3.42. The highest BCUT2D eigenvalue weighted by Crippen LogP contribution is 2.23. The highest BCUT2D eigenvalue weighted by atomic mass is 15.2. The molecule has 1 heterocycles. The summed E-state index contributed by atoms with van der Waals surface area (Å²) in [6.45, 7) is 15.9. The lowest BCUT2D eigenvalue weighted by atomic mass is 9.93. The van der Waals surface area contributed by atoms with Crippen molar-refractivity contribution in [2.24, 2.45) is 5.92 Å². The maximum atomic E-state index is 3.56. The average molecular weight is 274 g/mol. The highest BCUT2D eigenvalue weighted by molar-refractivity contribution is 5.37. The van der Waals surface area contributed by atoms with Crippen LogP contribution in [0.4, 0.5) is 0 Å². The quantitative estimate of drug-likeness (QED) is 0.905. The van der Waals surface area contributed by atoms with Crippen LogP contribution in [0, 0.1) is 26.7 Å². The zero-order valence-electron chi connectivity index (χ0n) is 13.8. The van der Waals surface area contributed by atoms with Gasteiger partial charge < -0.3 is 5.32 Å². The van der Waals surface area contributed by atoms with Crippen LogP contribution in [0.3, 0.4) is 0 Å². The Balaban J connectivity index is 2.19. The van der Waals surface area contributed by atoms with Crippen molar-refractivity contribution in [1.82, 2.24) is 10.2 Å². The summed E-state index contributed by atoms with van der Waals surface area (Å²) >= 11 is 0. The van der Waals surface area contributed by atoms with Gasteiger partial charge in [0, 0.05) is 32.2 Å². The number of hydrogen-bond donors (Lipinski definition) is 1. The van der Waals surface area contributed by atoms with Crippen LogP contribution >= 0.6 is 0 Å². The maximum Gasteiger partial charge on any atom is 0.0250 e. The monoisotopic (exact) mass is 274 g/mol. The molecule has 0 spiro atoms. The van der Waals surface area contributed by atoms with Crippen LogP contribution in [-0.4, -0.2) is 30.6 Å². The van der Waals surface area contributed by atoms with Crippen molar-refractivity contribution in [3.05, 3.63) is 34.4 Å². The lowest BCUT2D eigenvalue weighted by molar-refractivity contribution is 0.108. The van der Waals surface area contributed by atoms with E-state index >= 15 is 0 Å². The normalized spacial score (nSPS) is 21.9. The van der Waals surface area contributed by atoms with Gasteiger partial charge in [-0.15, -0.1) is 0 Å². The topological polar surface area (TPSA) is 15.3 Å². The maximum absolute atomic E-state index is 3.56. The molecule has 20 heavy (non-hydrogen) atoms. The molecule has 1 aromatic carbocycles. The van der Waals surface area contributed by atoms with Crippen LogP contribution < -0.4 is 5.32 Å². The van der Waals surface area contributed by atoms with Gasteiger partial charge in [-0.3, -0.25) is 4.90 Å². The number of nitrogens with one attached hydrogen (secondary N) is 1. The lowest BCUT2D eigenvalue weighted by Gasteiger charge is -2.40. The number of benzene rings is 1. The molecule has 0 amide bonds. The van der Waals surface area contributed by atoms with Gasteiger partial charge in [0.1, 0.15) is 0 Å². The van der Waals surface area contributed by atoms with Crippen LogP contribution in [0.15, 0.2) is 12.1 Å². The second-order valence-electron chi connectivity index (χ2n) is 6.50. The summed E-state index contributed by atoms with van der Waals surface area (Å²) in [5.74, 6) is 0.758. The van der Waals surface area contributed by atoms with Gasteiger partial charge in [0.25, 0.3) is 0 Å². The van der Waals surface area contributed by atoms with Crippen LogP contribution in [0.5, 0.6) is 0 Å². The van der Waals surface area contributed by atoms with Gasteiger partial charge in [0.15, 0.2) is 0 Å². The Hall–Kier alpha value is -0.860. The molecule has 1 N–H and O–H groups in total. The Bertz CT molecular complexity index is 430. The standard InChI is InChI=1S/C18H30N2/c1-6-14(3)18-11-19-7-8-20(18)12-17-15(4)9-13(2)10-16(17)5/h9-10,14,18-19H,6-8,11-12H2,1-5H3. The molecule has 0 bridgehead atoms. The van der Waals surface area contributed by atoms with E-state index in [9.17, 15) is 0 Å². The zero-order valence-corrected chi connectivity index (χ0v) is 13.8. The average Bonchev–Trinajstić information content (AvgIpc) is 2.42. The van der Waals surface area contributed by atoms with Crippen molar-refractivity contribution in [3.8, 4) is 0 Å². The molecule has 112 valence electrons. The molecule has 2 heteroatoms. The van der Waals surface area contributed by atoms with Crippen molar-refractivity contribution < 1.29 is 0 Å². The molecule has 1 aromatic rings. The predicted octanol–water partition coefficient (Wildman–Crippen LogP) is 3.43. The van der Waals surface area contributed by atoms with Crippen molar-refractivity contribution >= 4 is 0 Å². The fraction of sp³-hybridized carbons (Fsp3) is 0.667. The van der Waals surface area contributed by atoms with Crippen LogP contribution in [0.1, 0.15) is 42.5 Å². The smallest absolute Gasteiger partial charge is 0.0250 e. The summed E-state index contributed by atoms with van der Waals surface area (Å²) in [5, 5.41) is 3.56. The number of piperazine rings is 1. The number of nitrogens with zero attached hydrogens (tertiary/aromatic N) is 1. The Morgan fingerprint density at radius 3 is 2.50 bits per heavy atom. The first kappa shape index (κ1) is 15.5. The Morgan fingerprint density at radius 1 is 1.25 bits per heavy atom. The van der Waals surface area contributed by atoms with Gasteiger partial charge in [-0.05, 0) is 43.4 Å². The highest BCUT2D eigenvalue weighted by Gasteiger charge is 2.26. The summed E-state index contributed by atoms with van der Waals surface area (Å²) < 4.78 is 0. The minimum Gasteiger partial charge on any atom is -0.314 e. The molecule has 2 nitrogen and oxygen atoms in total. The fourth-order valence-electron chi connectivity index (χ4n) is 3.46. The zero-order chi connectivity index (χ0) is 14.7. The van der Waals surface area contributed by atoms with E-state index in [2.05, 4.69) is 57.0 Å². The second-order valence-corrected chi connectivity index (χ2v) is 6.50. The van der Waals surface area contributed by atoms with E-state index in [0.29, 0.717) is 6.04 Å². The van der Waals surface area contributed by atoms with Gasteiger partial charge >= 0.3 is 0 Å². The van der Waals surface area contributed by atoms with Gasteiger partial charge in [-0.1, -0.05) is 38.0 Å². The summed E-state index contributed by atoms with van der Waals surface area (Å²) in [6, 6.07) is 5.32. The minimum absolute atomic E-state index is 0.675. The van der Waals surface area contributed by atoms with E-state index in [-0.39, 0.29) is 0 Å². The largest absolute Gasteiger partial charge is 0.314 e. The van der Waals surface area contributed by atoms with Crippen LogP contribution in [0.2, 0.25) is 0 Å². The molecular weight excluding hydrogens is 244 g/mol. The molecule has 1 saturated heterocycles. The third-order valence-corrected chi connectivity index (χ3v) is 4.90. The molecule has 2 atom stereocenters. The minimum atomic E-state index is 0.675. The number of hydrogen-bond acceptors (Lipinski definition) is 2. The molecule has 2 unspecified atom stereocenters. The molecule has 1 aliphatic rings. The SMILES string of the molecule is CCC(C)C1CNCCN1Cc1c(C)cc(C)cc1C. The predicted molar refractivity (Wildman–Crippen MR) is 87.2 cm³/mol. The summed E-state index contributed by atoms with van der Waals surface area (Å²) in [6.07, 6.45) is 1.26. The molecule has 2 rings (SSSR count). The second kappa shape index (κ2) is 6.73. The number of aryl methyl sites for hydroxylation is 3. The van der Waals surface area contributed by atoms with E-state index in [0.717, 1.165) is 25.6 Å². The molecule has 0 radical (unpaired) electrons. The van der Waals surface area contributed by atoms with E-state index in [4.69, 9.17) is 0 Å². The first-order valence-electron chi connectivity index (χ1n) is 8.04. The third-order valence-electron chi connectivity index (χ3n) is 4.90. The summed E-state index contributed by atoms with van der Waals surface area (Å²) in [5.41, 5.74) is 5.81. The Kier molecular flexibility index (Phi) is 5.22. The van der Waals surface area contributed by atoms with Crippen molar-refractivity contribution in [2.45, 2.75) is 53.6 Å². The summed E-state index contributed by atoms with van der Waals surface area (Å²) in [7, 11) is 0. The number of rotatable bonds is 4. The van der Waals surface area contributed by atoms with E-state index in [1.54, 1.807) is 0 Å². The van der Waals surface area contributed by atoms with Crippen LogP contribution in [0.25, 0.3) is 0 Å². The van der Waals surface area contributed by atoms with Gasteiger partial charge in [-0.2, -0.15) is 0 Å². The summed E-state index contributed by atoms with van der Waals surface area (Å²) in [4.78, 5) is 2.69. The first-order chi connectivity index (χ1) is 9.52. The molecule has 0 saturated carbocycles.